The standard InChI is InChI=1S/C9H17N3O2S/c1-8(2,3)15(13)12-9(4,5)7-10-6-14-11-7/h6,12H,1-5H3/t15-/m1/s1/i4D3,5D3. The zero-order valence-electron chi connectivity index (χ0n) is 14.7. The number of hydrogen-bond donors (Lipinski definition) is 1. The summed E-state index contributed by atoms with van der Waals surface area (Å²) in [5.74, 6) is -0.583. The number of nitrogens with one attached hydrogen (secondary N) is 1. The second-order valence-corrected chi connectivity index (χ2v) is 5.95. The molecule has 1 atom stereocenters. The summed E-state index contributed by atoms with van der Waals surface area (Å²) in [7, 11) is -1.98. The van der Waals surface area contributed by atoms with Gasteiger partial charge in [0.15, 0.2) is 5.82 Å². The van der Waals surface area contributed by atoms with Crippen LogP contribution in [0.1, 0.15) is 48.5 Å². The molecule has 0 fully saturated rings. The first-order valence-corrected chi connectivity index (χ1v) is 5.35. The minimum atomic E-state index is -3.08. The summed E-state index contributed by atoms with van der Waals surface area (Å²) in [6.45, 7) is -1.42. The maximum atomic E-state index is 12.3. The molecular weight excluding hydrogens is 214 g/mol. The molecule has 0 spiro atoms. The van der Waals surface area contributed by atoms with Crippen molar-refractivity contribution < 1.29 is 17.0 Å². The van der Waals surface area contributed by atoms with E-state index in [1.807, 2.05) is 0 Å². The van der Waals surface area contributed by atoms with Gasteiger partial charge in [-0.25, -0.2) is 8.93 Å². The average molecular weight is 237 g/mol. The van der Waals surface area contributed by atoms with Gasteiger partial charge in [0.2, 0.25) is 6.39 Å². The van der Waals surface area contributed by atoms with E-state index in [1.165, 1.54) is 0 Å². The predicted octanol–water partition coefficient (Wildman–Crippen LogP) is 1.36. The highest BCUT2D eigenvalue weighted by Crippen LogP contribution is 2.19. The van der Waals surface area contributed by atoms with Gasteiger partial charge in [-0.2, -0.15) is 4.98 Å². The molecule has 0 unspecified atom stereocenters. The van der Waals surface area contributed by atoms with E-state index in [1.54, 1.807) is 20.8 Å². The molecular formula is C9H17N3O2S. The smallest absolute Gasteiger partial charge is 0.213 e. The average Bonchev–Trinajstić information content (AvgIpc) is 2.73. The van der Waals surface area contributed by atoms with Crippen molar-refractivity contribution in [3.05, 3.63) is 12.2 Å². The van der Waals surface area contributed by atoms with Crippen LogP contribution in [0.3, 0.4) is 0 Å². The van der Waals surface area contributed by atoms with Crippen molar-refractivity contribution in [3.63, 3.8) is 0 Å². The molecule has 0 bridgehead atoms. The molecule has 1 N–H and O–H groups in total. The molecule has 15 heavy (non-hydrogen) atoms. The first kappa shape index (κ1) is 6.10. The Labute approximate surface area is 101 Å². The molecule has 0 amide bonds. The summed E-state index contributed by atoms with van der Waals surface area (Å²) in [5.41, 5.74) is -2.69. The summed E-state index contributed by atoms with van der Waals surface area (Å²) in [6.07, 6.45) is 0.823. The third-order valence-electron chi connectivity index (χ3n) is 1.50. The van der Waals surface area contributed by atoms with Gasteiger partial charge < -0.3 is 4.52 Å². The van der Waals surface area contributed by atoms with E-state index in [0.29, 0.717) is 0 Å². The maximum Gasteiger partial charge on any atom is 0.213 e. The fourth-order valence-electron chi connectivity index (χ4n) is 0.674. The van der Waals surface area contributed by atoms with Crippen LogP contribution in [-0.2, 0) is 16.5 Å². The fourth-order valence-corrected chi connectivity index (χ4v) is 1.35. The van der Waals surface area contributed by atoms with Crippen LogP contribution in [0.15, 0.2) is 10.9 Å². The molecule has 0 aliphatic carbocycles. The van der Waals surface area contributed by atoms with Gasteiger partial charge in [0, 0.05) is 8.22 Å². The Morgan fingerprint density at radius 2 is 2.20 bits per heavy atom. The second-order valence-electron chi connectivity index (χ2n) is 3.99. The Bertz CT molecular complexity index is 491. The molecule has 0 saturated heterocycles. The number of nitrogens with zero attached hydrogens (tertiary/aromatic N) is 2. The molecule has 1 heterocycles. The van der Waals surface area contributed by atoms with Crippen molar-refractivity contribution in [1.82, 2.24) is 14.9 Å². The minimum absolute atomic E-state index is 0.583. The van der Waals surface area contributed by atoms with E-state index in [4.69, 9.17) is 8.22 Å². The van der Waals surface area contributed by atoms with Gasteiger partial charge in [0.1, 0.15) is 0 Å². The van der Waals surface area contributed by atoms with E-state index in [9.17, 15) is 4.21 Å². The van der Waals surface area contributed by atoms with Gasteiger partial charge >= 0.3 is 0 Å². The highest BCUT2D eigenvalue weighted by Gasteiger charge is 2.31. The SMILES string of the molecule is [2H]C([2H])([2H])C(N[S@](=O)C(C)(C)C)(c1ncon1)C([2H])([2H])[2H]. The van der Waals surface area contributed by atoms with Crippen LogP contribution in [0.4, 0.5) is 0 Å². The van der Waals surface area contributed by atoms with Crippen LogP contribution >= 0.6 is 0 Å². The Kier molecular flexibility index (Phi) is 1.63. The van der Waals surface area contributed by atoms with E-state index in [-0.39, 0.29) is 0 Å². The van der Waals surface area contributed by atoms with E-state index in [0.717, 1.165) is 6.39 Å². The van der Waals surface area contributed by atoms with Crippen molar-refractivity contribution in [2.24, 2.45) is 0 Å². The van der Waals surface area contributed by atoms with Crippen molar-refractivity contribution in [1.29, 1.82) is 0 Å². The number of aromatic nitrogens is 2. The molecule has 6 heteroatoms. The zero-order valence-corrected chi connectivity index (χ0v) is 9.51. The second kappa shape index (κ2) is 4.02. The lowest BCUT2D eigenvalue weighted by molar-refractivity contribution is 0.377. The van der Waals surface area contributed by atoms with Crippen molar-refractivity contribution in [2.75, 3.05) is 0 Å². The Morgan fingerprint density at radius 1 is 1.53 bits per heavy atom. The summed E-state index contributed by atoms with van der Waals surface area (Å²) in [5, 5.41) is 3.35. The number of rotatable bonds is 3. The maximum absolute atomic E-state index is 12.3. The first-order valence-electron chi connectivity index (χ1n) is 7.20. The van der Waals surface area contributed by atoms with Crippen LogP contribution in [0.2, 0.25) is 0 Å². The molecule has 0 aliphatic heterocycles. The highest BCUT2D eigenvalue weighted by atomic mass is 32.2. The Hall–Kier alpha value is -0.750. The van der Waals surface area contributed by atoms with Gasteiger partial charge in [0.05, 0.1) is 21.3 Å². The topological polar surface area (TPSA) is 68.0 Å². The Morgan fingerprint density at radius 3 is 2.60 bits per heavy atom. The van der Waals surface area contributed by atoms with Gasteiger partial charge in [0.25, 0.3) is 0 Å². The van der Waals surface area contributed by atoms with Crippen molar-refractivity contribution >= 4 is 11.0 Å². The summed E-state index contributed by atoms with van der Waals surface area (Å²) < 4.78 is 63.8. The molecule has 5 nitrogen and oxygen atoms in total. The highest BCUT2D eigenvalue weighted by molar-refractivity contribution is 7.84. The summed E-state index contributed by atoms with van der Waals surface area (Å²) >= 11 is 0. The summed E-state index contributed by atoms with van der Waals surface area (Å²) in [6, 6.07) is 0. The lowest BCUT2D eigenvalue weighted by Gasteiger charge is -2.27. The van der Waals surface area contributed by atoms with Gasteiger partial charge in [-0.1, -0.05) is 5.16 Å². The lowest BCUT2D eigenvalue weighted by atomic mass is 10.1. The molecule has 1 aromatic heterocycles. The fraction of sp³-hybridized carbons (Fsp3) is 0.778. The predicted molar refractivity (Wildman–Crippen MR) is 58.4 cm³/mol. The van der Waals surface area contributed by atoms with E-state index in [2.05, 4.69) is 19.4 Å². The zero-order chi connectivity index (χ0) is 16.7. The normalized spacial score (nSPS) is 22.9. The van der Waals surface area contributed by atoms with Crippen LogP contribution < -0.4 is 4.72 Å². The van der Waals surface area contributed by atoms with Crippen LogP contribution in [0.5, 0.6) is 0 Å². The molecule has 0 aromatic carbocycles. The van der Waals surface area contributed by atoms with Crippen molar-refractivity contribution in [3.8, 4) is 0 Å². The molecule has 1 rings (SSSR count). The largest absolute Gasteiger partial charge is 0.343 e. The summed E-state index contributed by atoms with van der Waals surface area (Å²) in [4.78, 5) is 3.56. The molecule has 1 aromatic rings. The third-order valence-corrected chi connectivity index (χ3v) is 3.10. The van der Waals surface area contributed by atoms with Crippen LogP contribution in [-0.4, -0.2) is 19.1 Å². The van der Waals surface area contributed by atoms with Crippen molar-refractivity contribution in [2.45, 2.75) is 44.8 Å². The van der Waals surface area contributed by atoms with Gasteiger partial charge in [-0.15, -0.1) is 0 Å². The number of hydrogen-bond acceptors (Lipinski definition) is 4. The molecule has 0 saturated carbocycles. The third kappa shape index (κ3) is 3.10. The van der Waals surface area contributed by atoms with Gasteiger partial charge in [-0.05, 0) is 34.5 Å². The molecule has 86 valence electrons. The monoisotopic (exact) mass is 237 g/mol. The van der Waals surface area contributed by atoms with Gasteiger partial charge in [-0.3, -0.25) is 0 Å². The molecule has 0 radical (unpaired) electrons. The van der Waals surface area contributed by atoms with Crippen LogP contribution in [0.25, 0.3) is 0 Å². The van der Waals surface area contributed by atoms with E-state index >= 15 is 0 Å². The first-order chi connectivity index (χ1) is 9.23. The molecule has 0 aliphatic rings. The van der Waals surface area contributed by atoms with Crippen LogP contribution in [0, 0.1) is 0 Å². The van der Waals surface area contributed by atoms with E-state index < -0.39 is 40.8 Å². The quantitative estimate of drug-likeness (QED) is 0.861. The Balaban J connectivity index is 3.52. The lowest BCUT2D eigenvalue weighted by Crippen LogP contribution is -2.44. The minimum Gasteiger partial charge on any atom is -0.343 e.